The number of carbonyl (C=O) groups excluding carboxylic acids is 1. The molecule has 5 aromatic rings. The third-order valence-electron chi connectivity index (χ3n) is 7.01. The van der Waals surface area contributed by atoms with Gasteiger partial charge < -0.3 is 14.3 Å². The van der Waals surface area contributed by atoms with Gasteiger partial charge in [-0.15, -0.1) is 0 Å². The summed E-state index contributed by atoms with van der Waals surface area (Å²) in [5, 5.41) is 2.03. The van der Waals surface area contributed by atoms with Gasteiger partial charge in [0.2, 0.25) is 0 Å². The van der Waals surface area contributed by atoms with E-state index in [1.54, 1.807) is 13.2 Å². The average Bonchev–Trinajstić information content (AvgIpc) is 3.18. The molecular weight excluding hydrogens is 450 g/mol. The van der Waals surface area contributed by atoms with Gasteiger partial charge in [-0.25, -0.2) is 0 Å². The molecule has 0 fully saturated rings. The highest BCUT2D eigenvalue weighted by molar-refractivity contribution is 6.09. The number of aryl methyl sites for hydroxylation is 1. The molecule has 3 heterocycles. The van der Waals surface area contributed by atoms with Crippen molar-refractivity contribution >= 4 is 27.6 Å². The van der Waals surface area contributed by atoms with Gasteiger partial charge in [0.05, 0.1) is 24.2 Å². The minimum Gasteiger partial charge on any atom is -0.496 e. The van der Waals surface area contributed by atoms with Crippen molar-refractivity contribution in [1.29, 1.82) is 0 Å². The molecule has 0 radical (unpaired) electrons. The number of hydrogen-bond acceptors (Lipinski definition) is 4. The average molecular weight is 480 g/mol. The van der Waals surface area contributed by atoms with E-state index >= 15 is 0 Å². The molecule has 36 heavy (non-hydrogen) atoms. The molecule has 2 aromatic carbocycles. The van der Waals surface area contributed by atoms with E-state index in [-0.39, 0.29) is 23.8 Å². The number of ether oxygens (including phenoxy) is 1. The molecule has 182 valence electrons. The molecule has 0 saturated heterocycles. The molecule has 1 unspecified atom stereocenters. The largest absolute Gasteiger partial charge is 0.496 e. The first-order valence-corrected chi connectivity index (χ1v) is 12.1. The third-order valence-corrected chi connectivity index (χ3v) is 7.01. The number of nitrogens with one attached hydrogen (secondary N) is 1. The number of ketones is 1. The highest BCUT2D eigenvalue weighted by atomic mass is 16.5. The molecule has 6 nitrogen and oxygen atoms in total. The van der Waals surface area contributed by atoms with Crippen LogP contribution < -0.4 is 10.3 Å². The van der Waals surface area contributed by atoms with Gasteiger partial charge >= 0.3 is 0 Å². The predicted octanol–water partition coefficient (Wildman–Crippen LogP) is 5.93. The lowest BCUT2D eigenvalue weighted by Crippen LogP contribution is -2.17. The Hall–Kier alpha value is -4.19. The van der Waals surface area contributed by atoms with Crippen LogP contribution in [0.2, 0.25) is 0 Å². The van der Waals surface area contributed by atoms with Crippen molar-refractivity contribution in [3.63, 3.8) is 0 Å². The van der Waals surface area contributed by atoms with E-state index in [1.165, 1.54) is 0 Å². The number of aromatic nitrogens is 3. The van der Waals surface area contributed by atoms with E-state index in [0.29, 0.717) is 23.3 Å². The van der Waals surface area contributed by atoms with Crippen LogP contribution in [0, 0.1) is 13.8 Å². The van der Waals surface area contributed by atoms with Gasteiger partial charge in [-0.1, -0.05) is 36.4 Å². The summed E-state index contributed by atoms with van der Waals surface area (Å²) >= 11 is 0. The Kier molecular flexibility index (Phi) is 6.18. The van der Waals surface area contributed by atoms with Crippen LogP contribution in [0.1, 0.15) is 52.3 Å². The van der Waals surface area contributed by atoms with Crippen LogP contribution in [-0.2, 0) is 6.42 Å². The van der Waals surface area contributed by atoms with E-state index in [0.717, 1.165) is 38.8 Å². The van der Waals surface area contributed by atoms with E-state index in [9.17, 15) is 9.59 Å². The van der Waals surface area contributed by atoms with Crippen molar-refractivity contribution in [1.82, 2.24) is 14.5 Å². The quantitative estimate of drug-likeness (QED) is 0.294. The Bertz CT molecular complexity index is 1660. The number of Topliss-reactive ketones (excluding diaryl/α,β-unsaturated/α-hetero) is 1. The van der Waals surface area contributed by atoms with Crippen LogP contribution in [0.5, 0.6) is 5.75 Å². The molecular formula is C30H29N3O3. The molecule has 6 heteroatoms. The fourth-order valence-corrected chi connectivity index (χ4v) is 5.33. The maximum absolute atomic E-state index is 13.6. The van der Waals surface area contributed by atoms with Gasteiger partial charge in [-0.05, 0) is 57.0 Å². The summed E-state index contributed by atoms with van der Waals surface area (Å²) in [7, 11) is 1.54. The molecule has 0 aliphatic carbocycles. The predicted molar refractivity (Wildman–Crippen MR) is 143 cm³/mol. The van der Waals surface area contributed by atoms with Crippen molar-refractivity contribution < 1.29 is 9.53 Å². The van der Waals surface area contributed by atoms with Gasteiger partial charge in [0.15, 0.2) is 5.78 Å². The number of H-pyrrole nitrogens is 1. The van der Waals surface area contributed by atoms with Crippen LogP contribution in [0.25, 0.3) is 21.8 Å². The van der Waals surface area contributed by atoms with Gasteiger partial charge in [0.25, 0.3) is 5.56 Å². The number of rotatable bonds is 7. The normalized spacial score (nSPS) is 12.2. The van der Waals surface area contributed by atoms with E-state index in [4.69, 9.17) is 4.74 Å². The summed E-state index contributed by atoms with van der Waals surface area (Å²) in [6, 6.07) is 20.0. The summed E-state index contributed by atoms with van der Waals surface area (Å²) in [6.07, 6.45) is 2.36. The second-order valence-electron chi connectivity index (χ2n) is 9.19. The summed E-state index contributed by atoms with van der Waals surface area (Å²) in [4.78, 5) is 33.5. The third kappa shape index (κ3) is 3.98. The molecule has 0 saturated carbocycles. The second-order valence-corrected chi connectivity index (χ2v) is 9.19. The van der Waals surface area contributed by atoms with Crippen LogP contribution >= 0.6 is 0 Å². The van der Waals surface area contributed by atoms with Gasteiger partial charge in [-0.3, -0.25) is 14.6 Å². The Morgan fingerprint density at radius 2 is 1.78 bits per heavy atom. The lowest BCUT2D eigenvalue weighted by molar-refractivity contribution is 0.0983. The number of carbonyl (C=O) groups is 1. The number of pyridine rings is 2. The number of para-hydroxylation sites is 2. The maximum Gasteiger partial charge on any atom is 0.255 e. The Balaban J connectivity index is 1.56. The molecule has 5 rings (SSSR count). The Morgan fingerprint density at radius 3 is 2.56 bits per heavy atom. The summed E-state index contributed by atoms with van der Waals surface area (Å²) in [5.41, 5.74) is 5.74. The first-order valence-electron chi connectivity index (χ1n) is 12.1. The van der Waals surface area contributed by atoms with Gasteiger partial charge in [-0.2, -0.15) is 0 Å². The van der Waals surface area contributed by atoms with Gasteiger partial charge in [0.1, 0.15) is 5.75 Å². The zero-order valence-corrected chi connectivity index (χ0v) is 21.0. The molecule has 1 N–H and O–H groups in total. The number of fused-ring (bicyclic) bond motifs is 2. The molecule has 0 bridgehead atoms. The fraction of sp³-hybridized carbons (Fsp3) is 0.233. The number of hydrogen-bond donors (Lipinski definition) is 1. The van der Waals surface area contributed by atoms with Crippen LogP contribution in [-0.4, -0.2) is 27.4 Å². The SMILES string of the molecule is COc1cc(C)[nH]c(=O)c1CCC(=O)c1c(C)n(C(C)c2ccnc3ccccc23)c2ccccc12. The maximum atomic E-state index is 13.6. The lowest BCUT2D eigenvalue weighted by atomic mass is 10.00. The van der Waals surface area contributed by atoms with Crippen LogP contribution in [0.3, 0.4) is 0 Å². The summed E-state index contributed by atoms with van der Waals surface area (Å²) < 4.78 is 7.66. The minimum absolute atomic E-state index is 0.00983. The smallest absolute Gasteiger partial charge is 0.255 e. The molecule has 1 atom stereocenters. The highest BCUT2D eigenvalue weighted by Crippen LogP contribution is 2.34. The first-order chi connectivity index (χ1) is 17.4. The second kappa shape index (κ2) is 9.46. The summed E-state index contributed by atoms with van der Waals surface area (Å²) in [6.45, 7) is 5.98. The van der Waals surface area contributed by atoms with Crippen molar-refractivity contribution in [2.45, 2.75) is 39.7 Å². The fourth-order valence-electron chi connectivity index (χ4n) is 5.33. The summed E-state index contributed by atoms with van der Waals surface area (Å²) in [5.74, 6) is 0.526. The Labute approximate surface area is 209 Å². The molecule has 0 amide bonds. The standard InChI is InChI=1S/C30H29N3O3/c1-18-17-28(36-4)24(30(35)32-18)13-14-27(34)29-20(3)33(26-12-8-6-10-23(26)29)19(2)21-15-16-31-25-11-7-5-9-22(21)25/h5-12,15-17,19H,13-14H2,1-4H3,(H,32,35). The number of benzene rings is 2. The van der Waals surface area contributed by atoms with Crippen LogP contribution in [0.15, 0.2) is 71.7 Å². The number of methoxy groups -OCH3 is 1. The molecule has 3 aromatic heterocycles. The van der Waals surface area contributed by atoms with Crippen molar-refractivity contribution in [3.05, 3.63) is 105 Å². The van der Waals surface area contributed by atoms with Crippen LogP contribution in [0.4, 0.5) is 0 Å². The van der Waals surface area contributed by atoms with Crippen molar-refractivity contribution in [2.75, 3.05) is 7.11 Å². The zero-order chi connectivity index (χ0) is 25.4. The Morgan fingerprint density at radius 1 is 1.06 bits per heavy atom. The van der Waals surface area contributed by atoms with E-state index in [1.807, 2.05) is 56.4 Å². The van der Waals surface area contributed by atoms with Crippen molar-refractivity contribution in [3.8, 4) is 5.75 Å². The number of aromatic amines is 1. The monoisotopic (exact) mass is 479 g/mol. The van der Waals surface area contributed by atoms with E-state index in [2.05, 4.69) is 39.7 Å². The molecule has 0 aliphatic heterocycles. The lowest BCUT2D eigenvalue weighted by Gasteiger charge is -2.20. The first kappa shape index (κ1) is 23.5. The van der Waals surface area contributed by atoms with Gasteiger partial charge in [0, 0.05) is 45.9 Å². The molecule has 0 spiro atoms. The topological polar surface area (TPSA) is 77.0 Å². The highest BCUT2D eigenvalue weighted by Gasteiger charge is 2.24. The minimum atomic E-state index is -0.211. The molecule has 0 aliphatic rings. The van der Waals surface area contributed by atoms with Crippen molar-refractivity contribution in [2.24, 2.45) is 0 Å². The van der Waals surface area contributed by atoms with E-state index < -0.39 is 0 Å². The number of nitrogens with zero attached hydrogens (tertiary/aromatic N) is 2. The zero-order valence-electron chi connectivity index (χ0n) is 21.0.